The number of benzene rings is 1. The number of nitrogens with zero attached hydrogens (tertiary/aromatic N) is 1. The Kier molecular flexibility index (Phi) is 5.77. The SMILES string of the molecule is CN(C(=O)OCc1ccccc1)[C@@H](COC1CCC1)C(=O)O. The Labute approximate surface area is 129 Å². The Hall–Kier alpha value is -2.08. The molecule has 22 heavy (non-hydrogen) atoms. The normalized spacial score (nSPS) is 15.7. The minimum absolute atomic E-state index is 0.0169. The van der Waals surface area contributed by atoms with Gasteiger partial charge in [0.15, 0.2) is 6.04 Å². The number of likely N-dealkylation sites (N-methyl/N-ethyl adjacent to an activating group) is 1. The Morgan fingerprint density at radius 2 is 2.00 bits per heavy atom. The number of hydrogen-bond donors (Lipinski definition) is 1. The molecule has 1 N–H and O–H groups in total. The lowest BCUT2D eigenvalue weighted by atomic mass is 9.96. The van der Waals surface area contributed by atoms with Gasteiger partial charge >= 0.3 is 12.1 Å². The van der Waals surface area contributed by atoms with Gasteiger partial charge in [0.1, 0.15) is 6.61 Å². The summed E-state index contributed by atoms with van der Waals surface area (Å²) in [6.07, 6.45) is 2.46. The molecule has 0 aromatic heterocycles. The highest BCUT2D eigenvalue weighted by Crippen LogP contribution is 2.22. The summed E-state index contributed by atoms with van der Waals surface area (Å²) < 4.78 is 10.6. The lowest BCUT2D eigenvalue weighted by Crippen LogP contribution is -2.46. The van der Waals surface area contributed by atoms with Crippen molar-refractivity contribution in [2.24, 2.45) is 0 Å². The molecule has 0 radical (unpaired) electrons. The number of carboxylic acid groups (broad SMARTS) is 1. The van der Waals surface area contributed by atoms with Gasteiger partial charge in [0, 0.05) is 7.05 Å². The fourth-order valence-corrected chi connectivity index (χ4v) is 2.06. The third-order valence-corrected chi connectivity index (χ3v) is 3.79. The minimum atomic E-state index is -1.10. The van der Waals surface area contributed by atoms with E-state index in [9.17, 15) is 14.7 Å². The summed E-state index contributed by atoms with van der Waals surface area (Å²) >= 11 is 0. The van der Waals surface area contributed by atoms with Crippen molar-refractivity contribution in [1.29, 1.82) is 0 Å². The molecule has 1 saturated carbocycles. The number of aliphatic carboxylic acids is 1. The first kappa shape index (κ1) is 16.3. The van der Waals surface area contributed by atoms with Crippen LogP contribution in [0.3, 0.4) is 0 Å². The predicted octanol–water partition coefficient (Wildman–Crippen LogP) is 2.28. The van der Waals surface area contributed by atoms with Crippen molar-refractivity contribution in [3.8, 4) is 0 Å². The molecule has 1 aromatic carbocycles. The van der Waals surface area contributed by atoms with Crippen LogP contribution in [0.5, 0.6) is 0 Å². The Morgan fingerprint density at radius 3 is 2.55 bits per heavy atom. The van der Waals surface area contributed by atoms with Crippen LogP contribution in [0.1, 0.15) is 24.8 Å². The fraction of sp³-hybridized carbons (Fsp3) is 0.500. The number of carbonyl (C=O) groups excluding carboxylic acids is 1. The van der Waals surface area contributed by atoms with Gasteiger partial charge in [-0.25, -0.2) is 9.59 Å². The van der Waals surface area contributed by atoms with Crippen molar-refractivity contribution in [1.82, 2.24) is 4.90 Å². The summed E-state index contributed by atoms with van der Waals surface area (Å²) in [6, 6.07) is 8.20. The molecule has 1 aromatic rings. The van der Waals surface area contributed by atoms with Crippen LogP contribution >= 0.6 is 0 Å². The summed E-state index contributed by atoms with van der Waals surface area (Å²) in [5.74, 6) is -1.10. The van der Waals surface area contributed by atoms with E-state index in [2.05, 4.69) is 0 Å². The summed E-state index contributed by atoms with van der Waals surface area (Å²) in [7, 11) is 1.41. The van der Waals surface area contributed by atoms with Crippen LogP contribution in [0.25, 0.3) is 0 Å². The van der Waals surface area contributed by atoms with Crippen molar-refractivity contribution in [2.75, 3.05) is 13.7 Å². The average molecular weight is 307 g/mol. The van der Waals surface area contributed by atoms with E-state index >= 15 is 0 Å². The summed E-state index contributed by atoms with van der Waals surface area (Å²) in [6.45, 7) is 0.0940. The maximum Gasteiger partial charge on any atom is 0.410 e. The lowest BCUT2D eigenvalue weighted by molar-refractivity contribution is -0.146. The molecule has 1 amide bonds. The molecule has 6 nitrogen and oxygen atoms in total. The quantitative estimate of drug-likeness (QED) is 0.836. The molecule has 0 unspecified atom stereocenters. The van der Waals surface area contributed by atoms with E-state index in [0.717, 1.165) is 29.7 Å². The molecular formula is C16H21NO5. The molecule has 1 aliphatic carbocycles. The molecule has 120 valence electrons. The monoisotopic (exact) mass is 307 g/mol. The minimum Gasteiger partial charge on any atom is -0.480 e. The molecule has 2 rings (SSSR count). The highest BCUT2D eigenvalue weighted by atomic mass is 16.6. The highest BCUT2D eigenvalue weighted by Gasteiger charge is 2.30. The maximum absolute atomic E-state index is 12.0. The fourth-order valence-electron chi connectivity index (χ4n) is 2.06. The van der Waals surface area contributed by atoms with E-state index in [1.807, 2.05) is 30.3 Å². The first-order valence-electron chi connectivity index (χ1n) is 7.36. The number of rotatable bonds is 7. The largest absolute Gasteiger partial charge is 0.480 e. The third-order valence-electron chi connectivity index (χ3n) is 3.79. The molecule has 1 atom stereocenters. The summed E-state index contributed by atoms with van der Waals surface area (Å²) in [4.78, 5) is 24.4. The van der Waals surface area contributed by atoms with E-state index in [4.69, 9.17) is 9.47 Å². The zero-order valence-electron chi connectivity index (χ0n) is 12.6. The van der Waals surface area contributed by atoms with Gasteiger partial charge < -0.3 is 14.6 Å². The van der Waals surface area contributed by atoms with E-state index in [0.29, 0.717) is 0 Å². The van der Waals surface area contributed by atoms with E-state index in [1.165, 1.54) is 7.05 Å². The summed E-state index contributed by atoms with van der Waals surface area (Å²) in [5.41, 5.74) is 0.849. The van der Waals surface area contributed by atoms with Crippen LogP contribution in [0.15, 0.2) is 30.3 Å². The topological polar surface area (TPSA) is 76.1 Å². The zero-order chi connectivity index (χ0) is 15.9. The third kappa shape index (κ3) is 4.46. The molecule has 1 aliphatic rings. The molecule has 0 heterocycles. The molecule has 1 fully saturated rings. The van der Waals surface area contributed by atoms with Gasteiger partial charge in [0.25, 0.3) is 0 Å². The smallest absolute Gasteiger partial charge is 0.410 e. The second-order valence-corrected chi connectivity index (χ2v) is 5.39. The Morgan fingerprint density at radius 1 is 1.32 bits per heavy atom. The van der Waals surface area contributed by atoms with E-state index < -0.39 is 18.1 Å². The van der Waals surface area contributed by atoms with Crippen molar-refractivity contribution >= 4 is 12.1 Å². The molecule has 0 aliphatic heterocycles. The van der Waals surface area contributed by atoms with Crippen molar-refractivity contribution in [3.05, 3.63) is 35.9 Å². The van der Waals surface area contributed by atoms with Crippen molar-refractivity contribution in [2.45, 2.75) is 38.0 Å². The van der Waals surface area contributed by atoms with Gasteiger partial charge in [-0.05, 0) is 24.8 Å². The second kappa shape index (κ2) is 7.79. The van der Waals surface area contributed by atoms with Crippen LogP contribution in [0.2, 0.25) is 0 Å². The summed E-state index contributed by atoms with van der Waals surface area (Å²) in [5, 5.41) is 9.25. The zero-order valence-corrected chi connectivity index (χ0v) is 12.6. The maximum atomic E-state index is 12.0. The first-order chi connectivity index (χ1) is 10.6. The van der Waals surface area contributed by atoms with Gasteiger partial charge in [-0.3, -0.25) is 4.90 Å². The van der Waals surface area contributed by atoms with Crippen LogP contribution in [0, 0.1) is 0 Å². The molecule has 6 heteroatoms. The van der Waals surface area contributed by atoms with Gasteiger partial charge in [0.05, 0.1) is 12.7 Å². The van der Waals surface area contributed by atoms with Gasteiger partial charge in [-0.15, -0.1) is 0 Å². The molecule has 0 saturated heterocycles. The Bertz CT molecular complexity index is 501. The van der Waals surface area contributed by atoms with E-state index in [1.54, 1.807) is 0 Å². The molecule has 0 spiro atoms. The number of ether oxygens (including phenoxy) is 2. The second-order valence-electron chi connectivity index (χ2n) is 5.39. The standard InChI is InChI=1S/C16H21NO5/c1-17(14(15(18)19)11-21-13-8-5-9-13)16(20)22-10-12-6-3-2-4-7-12/h2-4,6-7,13-14H,5,8-11H2,1H3,(H,18,19)/t14-/m0/s1. The van der Waals surface area contributed by atoms with Gasteiger partial charge in [-0.2, -0.15) is 0 Å². The first-order valence-corrected chi connectivity index (χ1v) is 7.36. The number of hydrogen-bond acceptors (Lipinski definition) is 4. The number of carbonyl (C=O) groups is 2. The number of carboxylic acids is 1. The molecule has 0 bridgehead atoms. The van der Waals surface area contributed by atoms with Crippen molar-refractivity contribution in [3.63, 3.8) is 0 Å². The lowest BCUT2D eigenvalue weighted by Gasteiger charge is -2.29. The van der Waals surface area contributed by atoms with Crippen LogP contribution in [-0.4, -0.2) is 47.9 Å². The van der Waals surface area contributed by atoms with E-state index in [-0.39, 0.29) is 19.3 Å². The molecular weight excluding hydrogens is 286 g/mol. The van der Waals surface area contributed by atoms with Crippen LogP contribution < -0.4 is 0 Å². The van der Waals surface area contributed by atoms with Crippen LogP contribution in [-0.2, 0) is 20.9 Å². The van der Waals surface area contributed by atoms with Gasteiger partial charge in [-0.1, -0.05) is 30.3 Å². The number of amides is 1. The predicted molar refractivity (Wildman–Crippen MR) is 79.4 cm³/mol. The Balaban J connectivity index is 1.83. The van der Waals surface area contributed by atoms with Gasteiger partial charge in [0.2, 0.25) is 0 Å². The highest BCUT2D eigenvalue weighted by molar-refractivity contribution is 5.80. The average Bonchev–Trinajstić information content (AvgIpc) is 2.47. The van der Waals surface area contributed by atoms with Crippen molar-refractivity contribution < 1.29 is 24.2 Å². The van der Waals surface area contributed by atoms with Crippen LogP contribution in [0.4, 0.5) is 4.79 Å².